The van der Waals surface area contributed by atoms with E-state index in [0.29, 0.717) is 11.3 Å². The maximum atomic E-state index is 11.5. The van der Waals surface area contributed by atoms with Crippen molar-refractivity contribution in [3.63, 3.8) is 0 Å². The maximum Gasteiger partial charge on any atom is 0.245 e. The average Bonchev–Trinajstić information content (AvgIpc) is 2.14. The molecule has 0 radical (unpaired) electrons. The largest absolute Gasteiger partial charge is 0.339 e. The predicted octanol–water partition coefficient (Wildman–Crippen LogP) is 2.85. The molecule has 15 heavy (non-hydrogen) atoms. The highest BCUT2D eigenvalue weighted by atomic mass is 16.2. The van der Waals surface area contributed by atoms with E-state index in [0.717, 1.165) is 19.5 Å². The lowest BCUT2D eigenvalue weighted by atomic mass is 9.81. The van der Waals surface area contributed by atoms with E-state index in [9.17, 15) is 4.79 Å². The van der Waals surface area contributed by atoms with Crippen LogP contribution in [0.1, 0.15) is 40.0 Å². The van der Waals surface area contributed by atoms with Gasteiger partial charge in [0, 0.05) is 13.1 Å². The van der Waals surface area contributed by atoms with Gasteiger partial charge in [-0.2, -0.15) is 0 Å². The van der Waals surface area contributed by atoms with Crippen molar-refractivity contribution in [3.05, 3.63) is 12.7 Å². The minimum atomic E-state index is 0.0913. The van der Waals surface area contributed by atoms with Crippen LogP contribution in [0.5, 0.6) is 0 Å². The number of carbonyl (C=O) groups excluding carboxylic acids is 1. The molecule has 0 spiro atoms. The summed E-state index contributed by atoms with van der Waals surface area (Å²) in [6.07, 6.45) is 5.03. The lowest BCUT2D eigenvalue weighted by Gasteiger charge is -2.35. The van der Waals surface area contributed by atoms with Crippen molar-refractivity contribution in [2.45, 2.75) is 40.0 Å². The van der Waals surface area contributed by atoms with Crippen LogP contribution in [0.3, 0.4) is 0 Å². The number of nitrogens with zero attached hydrogens (tertiary/aromatic N) is 1. The summed E-state index contributed by atoms with van der Waals surface area (Å²) in [7, 11) is 0. The highest BCUT2D eigenvalue weighted by Gasteiger charge is 2.25. The molecule has 1 atom stereocenters. The lowest BCUT2D eigenvalue weighted by Crippen LogP contribution is -2.39. The summed E-state index contributed by atoms with van der Waals surface area (Å²) < 4.78 is 0. The van der Waals surface area contributed by atoms with Crippen LogP contribution in [0.2, 0.25) is 0 Å². The molecular weight excluding hydrogens is 186 g/mol. The van der Waals surface area contributed by atoms with Gasteiger partial charge in [-0.15, -0.1) is 0 Å². The van der Waals surface area contributed by atoms with Gasteiger partial charge >= 0.3 is 0 Å². The van der Waals surface area contributed by atoms with Gasteiger partial charge in [0.05, 0.1) is 0 Å². The van der Waals surface area contributed by atoms with Crippen molar-refractivity contribution in [1.82, 2.24) is 4.90 Å². The second-order valence-electron chi connectivity index (χ2n) is 5.76. The van der Waals surface area contributed by atoms with Crippen LogP contribution in [0.15, 0.2) is 12.7 Å². The Bertz CT molecular complexity index is 239. The number of amides is 1. The van der Waals surface area contributed by atoms with Crippen LogP contribution in [0.4, 0.5) is 0 Å². The van der Waals surface area contributed by atoms with E-state index < -0.39 is 0 Å². The molecule has 1 aliphatic heterocycles. The van der Waals surface area contributed by atoms with Gasteiger partial charge in [0.25, 0.3) is 0 Å². The van der Waals surface area contributed by atoms with Crippen LogP contribution in [0.25, 0.3) is 0 Å². The minimum Gasteiger partial charge on any atom is -0.339 e. The predicted molar refractivity (Wildman–Crippen MR) is 63.6 cm³/mol. The Balaban J connectivity index is 2.49. The van der Waals surface area contributed by atoms with Gasteiger partial charge < -0.3 is 4.90 Å². The fourth-order valence-corrected chi connectivity index (χ4v) is 2.43. The number of hydrogen-bond acceptors (Lipinski definition) is 1. The first-order valence-electron chi connectivity index (χ1n) is 5.84. The normalized spacial score (nSPS) is 22.6. The van der Waals surface area contributed by atoms with Gasteiger partial charge in [0.15, 0.2) is 0 Å². The monoisotopic (exact) mass is 209 g/mol. The third-order valence-electron chi connectivity index (χ3n) is 2.91. The second-order valence-corrected chi connectivity index (χ2v) is 5.76. The van der Waals surface area contributed by atoms with E-state index in [4.69, 9.17) is 0 Å². The number of hydrogen-bond donors (Lipinski definition) is 0. The molecule has 1 fully saturated rings. The van der Waals surface area contributed by atoms with Gasteiger partial charge in [-0.3, -0.25) is 4.79 Å². The van der Waals surface area contributed by atoms with Crippen molar-refractivity contribution in [2.75, 3.05) is 13.1 Å². The van der Waals surface area contributed by atoms with Crippen LogP contribution < -0.4 is 0 Å². The third-order valence-corrected chi connectivity index (χ3v) is 2.91. The molecule has 0 bridgehead atoms. The first-order chi connectivity index (χ1) is 6.92. The lowest BCUT2D eigenvalue weighted by molar-refractivity contribution is -0.128. The van der Waals surface area contributed by atoms with Crippen LogP contribution in [0, 0.1) is 11.3 Å². The summed E-state index contributed by atoms with van der Waals surface area (Å²) in [6.45, 7) is 12.2. The average molecular weight is 209 g/mol. The van der Waals surface area contributed by atoms with Gasteiger partial charge in [-0.25, -0.2) is 0 Å². The van der Waals surface area contributed by atoms with E-state index in [-0.39, 0.29) is 5.91 Å². The first kappa shape index (κ1) is 12.3. The van der Waals surface area contributed by atoms with E-state index in [1.54, 1.807) is 0 Å². The van der Waals surface area contributed by atoms with Gasteiger partial charge in [-0.05, 0) is 36.7 Å². The van der Waals surface area contributed by atoms with E-state index >= 15 is 0 Å². The van der Waals surface area contributed by atoms with Crippen LogP contribution >= 0.6 is 0 Å². The minimum absolute atomic E-state index is 0.0913. The molecule has 0 saturated carbocycles. The molecule has 0 aliphatic carbocycles. The van der Waals surface area contributed by atoms with Gasteiger partial charge in [0.1, 0.15) is 0 Å². The Hall–Kier alpha value is -0.790. The zero-order valence-corrected chi connectivity index (χ0v) is 10.3. The Morgan fingerprint density at radius 3 is 2.73 bits per heavy atom. The molecule has 1 saturated heterocycles. The summed E-state index contributed by atoms with van der Waals surface area (Å²) in [6, 6.07) is 0. The zero-order chi connectivity index (χ0) is 11.5. The smallest absolute Gasteiger partial charge is 0.245 e. The fourth-order valence-electron chi connectivity index (χ4n) is 2.43. The Kier molecular flexibility index (Phi) is 3.95. The third kappa shape index (κ3) is 4.06. The van der Waals surface area contributed by atoms with Gasteiger partial charge in [0.2, 0.25) is 5.91 Å². The first-order valence-corrected chi connectivity index (χ1v) is 5.84. The highest BCUT2D eigenvalue weighted by Crippen LogP contribution is 2.30. The zero-order valence-electron chi connectivity index (χ0n) is 10.3. The van der Waals surface area contributed by atoms with Crippen LogP contribution in [-0.2, 0) is 4.79 Å². The molecule has 1 unspecified atom stereocenters. The Morgan fingerprint density at radius 2 is 2.20 bits per heavy atom. The Labute approximate surface area is 93.3 Å². The molecular formula is C13H23NO. The summed E-state index contributed by atoms with van der Waals surface area (Å²) in [5.74, 6) is 0.760. The number of likely N-dealkylation sites (tertiary alicyclic amines) is 1. The fraction of sp³-hybridized carbons (Fsp3) is 0.769. The summed E-state index contributed by atoms with van der Waals surface area (Å²) in [4.78, 5) is 13.4. The molecule has 0 aromatic heterocycles. The molecule has 1 rings (SSSR count). The summed E-state index contributed by atoms with van der Waals surface area (Å²) in [5, 5.41) is 0. The SMILES string of the molecule is C=CC(=O)N1CCCC(CC(C)(C)C)C1. The van der Waals surface area contributed by atoms with E-state index in [1.807, 2.05) is 4.90 Å². The highest BCUT2D eigenvalue weighted by molar-refractivity contribution is 5.87. The molecule has 0 N–H and O–H groups in total. The van der Waals surface area contributed by atoms with Crippen molar-refractivity contribution in [1.29, 1.82) is 0 Å². The van der Waals surface area contributed by atoms with E-state index in [2.05, 4.69) is 27.4 Å². The quantitative estimate of drug-likeness (QED) is 0.640. The number of carbonyl (C=O) groups is 1. The molecule has 86 valence electrons. The topological polar surface area (TPSA) is 20.3 Å². The molecule has 1 aliphatic rings. The molecule has 1 heterocycles. The molecule has 0 aromatic carbocycles. The maximum absolute atomic E-state index is 11.5. The van der Waals surface area contributed by atoms with Crippen molar-refractivity contribution in [2.24, 2.45) is 11.3 Å². The van der Waals surface area contributed by atoms with Crippen molar-refractivity contribution in [3.8, 4) is 0 Å². The second kappa shape index (κ2) is 4.82. The van der Waals surface area contributed by atoms with E-state index in [1.165, 1.54) is 18.9 Å². The van der Waals surface area contributed by atoms with Crippen molar-refractivity contribution < 1.29 is 4.79 Å². The number of rotatable bonds is 2. The molecule has 0 aromatic rings. The standard InChI is InChI=1S/C13H23NO/c1-5-12(15)14-8-6-7-11(10-14)9-13(2,3)4/h5,11H,1,6-10H2,2-4H3. The van der Waals surface area contributed by atoms with Gasteiger partial charge in [-0.1, -0.05) is 27.4 Å². The van der Waals surface area contributed by atoms with Crippen molar-refractivity contribution >= 4 is 5.91 Å². The molecule has 1 amide bonds. The summed E-state index contributed by atoms with van der Waals surface area (Å²) >= 11 is 0. The van der Waals surface area contributed by atoms with Crippen LogP contribution in [-0.4, -0.2) is 23.9 Å². The molecule has 2 heteroatoms. The molecule has 2 nitrogen and oxygen atoms in total. The Morgan fingerprint density at radius 1 is 1.53 bits per heavy atom. The summed E-state index contributed by atoms with van der Waals surface area (Å²) in [5.41, 5.74) is 0.366. The number of piperidine rings is 1.